The molecular formula is C7H12N4O2. The van der Waals surface area contributed by atoms with Gasteiger partial charge >= 0.3 is 0 Å². The van der Waals surface area contributed by atoms with Crippen LogP contribution in [0.1, 0.15) is 19.2 Å². The molecule has 0 aromatic carbocycles. The van der Waals surface area contributed by atoms with Crippen molar-refractivity contribution in [2.45, 2.75) is 25.9 Å². The lowest BCUT2D eigenvalue weighted by Crippen LogP contribution is -2.29. The number of aromatic nitrogens is 2. The Morgan fingerprint density at radius 2 is 2.62 bits per heavy atom. The first-order chi connectivity index (χ1) is 6.18. The zero-order valence-corrected chi connectivity index (χ0v) is 7.36. The topological polar surface area (TPSA) is 94.0 Å². The van der Waals surface area contributed by atoms with Gasteiger partial charge in [0.1, 0.15) is 0 Å². The Hall–Kier alpha value is -1.43. The molecule has 0 saturated heterocycles. The lowest BCUT2D eigenvalue weighted by Gasteiger charge is -2.04. The van der Waals surface area contributed by atoms with Gasteiger partial charge < -0.3 is 15.6 Å². The molecule has 1 amide bonds. The van der Waals surface area contributed by atoms with E-state index in [0.29, 0.717) is 12.2 Å². The molecule has 1 rings (SSSR count). The van der Waals surface area contributed by atoms with Crippen LogP contribution in [0.2, 0.25) is 0 Å². The molecule has 6 heteroatoms. The first-order valence-corrected chi connectivity index (χ1v) is 3.96. The van der Waals surface area contributed by atoms with E-state index in [1.807, 2.05) is 0 Å². The average Bonchev–Trinajstić information content (AvgIpc) is 2.51. The highest BCUT2D eigenvalue weighted by atomic mass is 16.5. The molecule has 1 aromatic rings. The van der Waals surface area contributed by atoms with Crippen molar-refractivity contribution in [3.63, 3.8) is 0 Å². The van der Waals surface area contributed by atoms with Crippen molar-refractivity contribution in [2.24, 2.45) is 5.73 Å². The van der Waals surface area contributed by atoms with Crippen LogP contribution in [0.15, 0.2) is 10.9 Å². The number of hydrogen-bond acceptors (Lipinski definition) is 5. The monoisotopic (exact) mass is 184 g/mol. The summed E-state index contributed by atoms with van der Waals surface area (Å²) in [5.41, 5.74) is 5.43. The molecule has 13 heavy (non-hydrogen) atoms. The molecule has 3 N–H and O–H groups in total. The molecule has 0 aliphatic heterocycles. The molecular weight excluding hydrogens is 172 g/mol. The van der Waals surface area contributed by atoms with E-state index in [9.17, 15) is 4.79 Å². The Kier molecular flexibility index (Phi) is 3.39. The van der Waals surface area contributed by atoms with Gasteiger partial charge in [0.15, 0.2) is 5.82 Å². The first kappa shape index (κ1) is 9.66. The number of hydrogen-bond donors (Lipinski definition) is 2. The van der Waals surface area contributed by atoms with Gasteiger partial charge in [-0.05, 0) is 6.92 Å². The van der Waals surface area contributed by atoms with Crippen molar-refractivity contribution >= 4 is 5.91 Å². The zero-order chi connectivity index (χ0) is 9.68. The fourth-order valence-electron chi connectivity index (χ4n) is 0.813. The molecule has 1 heterocycles. The Morgan fingerprint density at radius 3 is 3.15 bits per heavy atom. The molecule has 6 nitrogen and oxygen atoms in total. The summed E-state index contributed by atoms with van der Waals surface area (Å²) in [5.74, 6) is 0.345. The minimum absolute atomic E-state index is 0.111. The Bertz CT molecular complexity index is 257. The molecule has 0 aliphatic rings. The molecule has 0 saturated carbocycles. The smallest absolute Gasteiger partial charge is 0.221 e. The van der Waals surface area contributed by atoms with Crippen LogP contribution in [0.5, 0.6) is 0 Å². The fourth-order valence-corrected chi connectivity index (χ4v) is 0.813. The van der Waals surface area contributed by atoms with Crippen molar-refractivity contribution in [1.29, 1.82) is 0 Å². The van der Waals surface area contributed by atoms with Crippen LogP contribution in [0.25, 0.3) is 0 Å². The van der Waals surface area contributed by atoms with E-state index in [4.69, 9.17) is 5.73 Å². The van der Waals surface area contributed by atoms with E-state index in [1.54, 1.807) is 6.92 Å². The molecule has 1 aromatic heterocycles. The van der Waals surface area contributed by atoms with Crippen LogP contribution in [0, 0.1) is 0 Å². The summed E-state index contributed by atoms with van der Waals surface area (Å²) in [6, 6.07) is -0.134. The van der Waals surface area contributed by atoms with Crippen LogP contribution in [0.3, 0.4) is 0 Å². The van der Waals surface area contributed by atoms with E-state index in [1.165, 1.54) is 6.39 Å². The third kappa shape index (κ3) is 3.66. The lowest BCUT2D eigenvalue weighted by atomic mass is 10.2. The van der Waals surface area contributed by atoms with Gasteiger partial charge in [-0.1, -0.05) is 5.16 Å². The fraction of sp³-hybridized carbons (Fsp3) is 0.571. The number of amides is 1. The molecule has 0 radical (unpaired) electrons. The van der Waals surface area contributed by atoms with Crippen molar-refractivity contribution in [2.75, 3.05) is 0 Å². The third-order valence-corrected chi connectivity index (χ3v) is 1.36. The highest BCUT2D eigenvalue weighted by molar-refractivity contribution is 5.76. The summed E-state index contributed by atoms with van der Waals surface area (Å²) in [6.07, 6.45) is 1.52. The minimum atomic E-state index is -0.134. The third-order valence-electron chi connectivity index (χ3n) is 1.36. The highest BCUT2D eigenvalue weighted by Gasteiger charge is 2.05. The highest BCUT2D eigenvalue weighted by Crippen LogP contribution is 1.89. The van der Waals surface area contributed by atoms with Gasteiger partial charge in [-0.25, -0.2) is 0 Å². The van der Waals surface area contributed by atoms with Crippen LogP contribution in [-0.4, -0.2) is 22.1 Å². The Labute approximate surface area is 75.5 Å². The molecule has 1 unspecified atom stereocenters. The molecule has 0 fully saturated rings. The van der Waals surface area contributed by atoms with Crippen molar-refractivity contribution in [3.8, 4) is 0 Å². The number of nitrogens with zero attached hydrogens (tertiary/aromatic N) is 2. The van der Waals surface area contributed by atoms with Gasteiger partial charge in [0.25, 0.3) is 0 Å². The molecule has 0 bridgehead atoms. The summed E-state index contributed by atoms with van der Waals surface area (Å²) >= 11 is 0. The first-order valence-electron chi connectivity index (χ1n) is 3.96. The largest absolute Gasteiger partial charge is 0.349 e. The maximum Gasteiger partial charge on any atom is 0.221 e. The van der Waals surface area contributed by atoms with E-state index < -0.39 is 0 Å². The summed E-state index contributed by atoms with van der Waals surface area (Å²) in [4.78, 5) is 14.8. The number of nitrogens with one attached hydrogen (secondary N) is 1. The Balaban J connectivity index is 2.23. The van der Waals surface area contributed by atoms with Gasteiger partial charge in [-0.3, -0.25) is 4.79 Å². The van der Waals surface area contributed by atoms with Crippen LogP contribution in [0.4, 0.5) is 0 Å². The normalized spacial score (nSPS) is 12.5. The Morgan fingerprint density at radius 1 is 1.85 bits per heavy atom. The maximum atomic E-state index is 11.1. The summed E-state index contributed by atoms with van der Waals surface area (Å²) in [7, 11) is 0. The molecule has 1 atom stereocenters. The van der Waals surface area contributed by atoms with E-state index in [2.05, 4.69) is 20.0 Å². The SMILES string of the molecule is CC(N)CC(=O)NCc1ncon1. The van der Waals surface area contributed by atoms with Crippen LogP contribution in [-0.2, 0) is 11.3 Å². The van der Waals surface area contributed by atoms with Crippen LogP contribution >= 0.6 is 0 Å². The zero-order valence-electron chi connectivity index (χ0n) is 7.36. The summed E-state index contributed by atoms with van der Waals surface area (Å²) in [5, 5.41) is 6.15. The van der Waals surface area contributed by atoms with Gasteiger partial charge in [-0.15, -0.1) is 0 Å². The summed E-state index contributed by atoms with van der Waals surface area (Å²) in [6.45, 7) is 2.05. The lowest BCUT2D eigenvalue weighted by molar-refractivity contribution is -0.121. The van der Waals surface area contributed by atoms with Crippen LogP contribution < -0.4 is 11.1 Å². The molecule has 0 spiro atoms. The number of rotatable bonds is 4. The second-order valence-electron chi connectivity index (χ2n) is 2.81. The van der Waals surface area contributed by atoms with Crippen molar-refractivity contribution in [1.82, 2.24) is 15.5 Å². The number of carbonyl (C=O) groups is 1. The second-order valence-corrected chi connectivity index (χ2v) is 2.81. The quantitative estimate of drug-likeness (QED) is 0.653. The molecule has 0 aliphatic carbocycles. The van der Waals surface area contributed by atoms with Crippen molar-refractivity contribution in [3.05, 3.63) is 12.2 Å². The van der Waals surface area contributed by atoms with Gasteiger partial charge in [0.2, 0.25) is 12.3 Å². The van der Waals surface area contributed by atoms with Crippen molar-refractivity contribution < 1.29 is 9.32 Å². The van der Waals surface area contributed by atoms with Gasteiger partial charge in [-0.2, -0.15) is 4.98 Å². The van der Waals surface area contributed by atoms with Gasteiger partial charge in [0.05, 0.1) is 6.54 Å². The van der Waals surface area contributed by atoms with Gasteiger partial charge in [0, 0.05) is 12.5 Å². The van der Waals surface area contributed by atoms with E-state index in [-0.39, 0.29) is 18.5 Å². The summed E-state index contributed by atoms with van der Waals surface area (Å²) < 4.78 is 4.49. The van der Waals surface area contributed by atoms with E-state index in [0.717, 1.165) is 0 Å². The average molecular weight is 184 g/mol. The second kappa shape index (κ2) is 4.56. The predicted molar refractivity (Wildman–Crippen MR) is 44.4 cm³/mol. The molecule has 72 valence electrons. The predicted octanol–water partition coefficient (Wildman–Crippen LogP) is -0.577. The number of nitrogens with two attached hydrogens (primary N) is 1. The standard InChI is InChI=1S/C7H12N4O2/c1-5(8)2-7(12)9-3-6-10-4-13-11-6/h4-5H,2-3,8H2,1H3,(H,9,12). The minimum Gasteiger partial charge on any atom is -0.349 e. The number of carbonyl (C=O) groups excluding carboxylic acids is 1. The maximum absolute atomic E-state index is 11.1. The van der Waals surface area contributed by atoms with E-state index >= 15 is 0 Å².